The maximum Gasteiger partial charge on any atom is 0.338 e. The number of aromatic nitrogens is 3. The Hall–Kier alpha value is -2.76. The lowest BCUT2D eigenvalue weighted by Crippen LogP contribution is -2.01. The van der Waals surface area contributed by atoms with Gasteiger partial charge in [0.05, 0.1) is 11.1 Å². The molecule has 0 saturated carbocycles. The lowest BCUT2D eigenvalue weighted by molar-refractivity contribution is 0.0699. The van der Waals surface area contributed by atoms with Crippen molar-refractivity contribution >= 4 is 17.0 Å². The normalized spacial score (nSPS) is 10.9. The molecule has 0 amide bonds. The summed E-state index contributed by atoms with van der Waals surface area (Å²) in [4.78, 5) is 11.1. The Labute approximate surface area is 113 Å². The molecule has 0 atom stereocenters. The van der Waals surface area contributed by atoms with E-state index in [1.807, 2.05) is 0 Å². The zero-order chi connectivity index (χ0) is 14.3. The van der Waals surface area contributed by atoms with Crippen molar-refractivity contribution < 1.29 is 14.3 Å². The Morgan fingerprint density at radius 2 is 2.10 bits per heavy atom. The van der Waals surface area contributed by atoms with Gasteiger partial charge in [-0.1, -0.05) is 17.3 Å². The molecule has 3 rings (SSSR count). The SMILES string of the molecule is Cc1ccc(-n2nnc3c(C(=O)O)cccc32)c(F)c1. The standard InChI is InChI=1S/C14H10FN3O2/c1-8-5-6-11(10(15)7-8)18-12-4-2-3-9(14(19)20)13(12)16-17-18/h2-7H,1H3,(H,19,20). The van der Waals surface area contributed by atoms with Crippen LogP contribution in [-0.2, 0) is 0 Å². The second-order valence-electron chi connectivity index (χ2n) is 4.43. The van der Waals surface area contributed by atoms with Gasteiger partial charge in [0.1, 0.15) is 17.0 Å². The van der Waals surface area contributed by atoms with Crippen LogP contribution in [0.1, 0.15) is 15.9 Å². The van der Waals surface area contributed by atoms with Crippen molar-refractivity contribution in [3.8, 4) is 5.69 Å². The predicted molar refractivity (Wildman–Crippen MR) is 70.5 cm³/mol. The minimum atomic E-state index is -1.09. The second-order valence-corrected chi connectivity index (χ2v) is 4.43. The van der Waals surface area contributed by atoms with E-state index in [1.165, 1.54) is 16.8 Å². The molecule has 20 heavy (non-hydrogen) atoms. The van der Waals surface area contributed by atoms with Crippen LogP contribution in [0.3, 0.4) is 0 Å². The molecule has 1 aromatic heterocycles. The largest absolute Gasteiger partial charge is 0.478 e. The van der Waals surface area contributed by atoms with Gasteiger partial charge in [0, 0.05) is 0 Å². The lowest BCUT2D eigenvalue weighted by atomic mass is 10.1. The number of carboxylic acids is 1. The van der Waals surface area contributed by atoms with Crippen molar-refractivity contribution in [1.29, 1.82) is 0 Å². The van der Waals surface area contributed by atoms with E-state index < -0.39 is 11.8 Å². The highest BCUT2D eigenvalue weighted by molar-refractivity contribution is 6.00. The van der Waals surface area contributed by atoms with Gasteiger partial charge < -0.3 is 5.11 Å². The first-order valence-corrected chi connectivity index (χ1v) is 5.92. The molecular weight excluding hydrogens is 261 g/mol. The molecule has 1 heterocycles. The van der Waals surface area contributed by atoms with Gasteiger partial charge in [0.2, 0.25) is 0 Å². The molecule has 0 aliphatic carbocycles. The summed E-state index contributed by atoms with van der Waals surface area (Å²) in [5.74, 6) is -1.52. The van der Waals surface area contributed by atoms with Crippen LogP contribution in [0.5, 0.6) is 0 Å². The minimum absolute atomic E-state index is 0.0428. The molecular formula is C14H10FN3O2. The molecule has 0 spiro atoms. The lowest BCUT2D eigenvalue weighted by Gasteiger charge is -2.04. The highest BCUT2D eigenvalue weighted by atomic mass is 19.1. The summed E-state index contributed by atoms with van der Waals surface area (Å²) in [5, 5.41) is 16.8. The molecule has 100 valence electrons. The Kier molecular flexibility index (Phi) is 2.71. The number of halogens is 1. The highest BCUT2D eigenvalue weighted by Crippen LogP contribution is 2.21. The third-order valence-corrected chi connectivity index (χ3v) is 3.04. The summed E-state index contributed by atoms with van der Waals surface area (Å²) < 4.78 is 15.3. The van der Waals surface area contributed by atoms with Crippen LogP contribution >= 0.6 is 0 Å². The van der Waals surface area contributed by atoms with Crippen LogP contribution in [0.25, 0.3) is 16.7 Å². The first kappa shape index (κ1) is 12.3. The van der Waals surface area contributed by atoms with Gasteiger partial charge >= 0.3 is 5.97 Å². The third-order valence-electron chi connectivity index (χ3n) is 3.04. The van der Waals surface area contributed by atoms with Crippen LogP contribution in [0.4, 0.5) is 4.39 Å². The van der Waals surface area contributed by atoms with Crippen molar-refractivity contribution in [2.75, 3.05) is 0 Å². The molecule has 0 fully saturated rings. The number of nitrogens with zero attached hydrogens (tertiary/aromatic N) is 3. The number of fused-ring (bicyclic) bond motifs is 1. The molecule has 0 unspecified atom stereocenters. The predicted octanol–water partition coefficient (Wildman–Crippen LogP) is 2.57. The Balaban J connectivity index is 2.28. The summed E-state index contributed by atoms with van der Waals surface area (Å²) in [6.45, 7) is 1.79. The van der Waals surface area contributed by atoms with E-state index >= 15 is 0 Å². The molecule has 6 heteroatoms. The maximum absolute atomic E-state index is 14.0. The van der Waals surface area contributed by atoms with Gasteiger partial charge in [-0.15, -0.1) is 5.10 Å². The first-order valence-electron chi connectivity index (χ1n) is 5.92. The second kappa shape index (κ2) is 4.41. The van der Waals surface area contributed by atoms with Crippen LogP contribution < -0.4 is 0 Å². The quantitative estimate of drug-likeness (QED) is 0.777. The van der Waals surface area contributed by atoms with Crippen molar-refractivity contribution in [2.45, 2.75) is 6.92 Å². The van der Waals surface area contributed by atoms with Crippen molar-refractivity contribution in [3.63, 3.8) is 0 Å². The summed E-state index contributed by atoms with van der Waals surface area (Å²) in [6, 6.07) is 9.41. The van der Waals surface area contributed by atoms with E-state index in [4.69, 9.17) is 5.11 Å². The van der Waals surface area contributed by atoms with E-state index in [2.05, 4.69) is 10.3 Å². The van der Waals surface area contributed by atoms with E-state index in [9.17, 15) is 9.18 Å². The average Bonchev–Trinajstić information content (AvgIpc) is 2.82. The zero-order valence-corrected chi connectivity index (χ0v) is 10.5. The van der Waals surface area contributed by atoms with E-state index in [-0.39, 0.29) is 16.8 Å². The van der Waals surface area contributed by atoms with Gasteiger partial charge in [-0.25, -0.2) is 13.9 Å². The summed E-state index contributed by atoms with van der Waals surface area (Å²) in [6.07, 6.45) is 0. The van der Waals surface area contributed by atoms with Crippen LogP contribution in [0.2, 0.25) is 0 Å². The Morgan fingerprint density at radius 1 is 1.30 bits per heavy atom. The number of carbonyl (C=O) groups is 1. The van der Waals surface area contributed by atoms with E-state index in [0.717, 1.165) is 5.56 Å². The number of rotatable bonds is 2. The number of hydrogen-bond acceptors (Lipinski definition) is 3. The fourth-order valence-corrected chi connectivity index (χ4v) is 2.08. The number of aromatic carboxylic acids is 1. The summed E-state index contributed by atoms with van der Waals surface area (Å²) in [5.41, 5.74) is 1.76. The maximum atomic E-state index is 14.0. The molecule has 0 saturated heterocycles. The number of benzene rings is 2. The number of aryl methyl sites for hydroxylation is 1. The molecule has 0 aliphatic heterocycles. The van der Waals surface area contributed by atoms with Crippen LogP contribution in [0, 0.1) is 12.7 Å². The van der Waals surface area contributed by atoms with Gasteiger partial charge in [-0.3, -0.25) is 0 Å². The van der Waals surface area contributed by atoms with Gasteiger partial charge in [-0.05, 0) is 36.8 Å². The number of carboxylic acid groups (broad SMARTS) is 1. The average molecular weight is 271 g/mol. The van der Waals surface area contributed by atoms with E-state index in [1.54, 1.807) is 31.2 Å². The molecule has 5 nitrogen and oxygen atoms in total. The smallest absolute Gasteiger partial charge is 0.338 e. The number of hydrogen-bond donors (Lipinski definition) is 1. The van der Waals surface area contributed by atoms with Crippen LogP contribution in [-0.4, -0.2) is 26.1 Å². The molecule has 0 radical (unpaired) electrons. The van der Waals surface area contributed by atoms with Crippen molar-refractivity contribution in [1.82, 2.24) is 15.0 Å². The molecule has 0 bridgehead atoms. The van der Waals surface area contributed by atoms with Crippen molar-refractivity contribution in [2.24, 2.45) is 0 Å². The fourth-order valence-electron chi connectivity index (χ4n) is 2.08. The monoisotopic (exact) mass is 271 g/mol. The zero-order valence-electron chi connectivity index (χ0n) is 10.5. The molecule has 0 aliphatic rings. The van der Waals surface area contributed by atoms with Gasteiger partial charge in [0.25, 0.3) is 0 Å². The Morgan fingerprint density at radius 3 is 2.80 bits per heavy atom. The van der Waals surface area contributed by atoms with Gasteiger partial charge in [0.15, 0.2) is 0 Å². The first-order chi connectivity index (χ1) is 9.58. The molecule has 1 N–H and O–H groups in total. The minimum Gasteiger partial charge on any atom is -0.478 e. The topological polar surface area (TPSA) is 68.0 Å². The molecule has 2 aromatic carbocycles. The van der Waals surface area contributed by atoms with Crippen molar-refractivity contribution in [3.05, 3.63) is 53.3 Å². The fraction of sp³-hybridized carbons (Fsp3) is 0.0714. The summed E-state index contributed by atoms with van der Waals surface area (Å²) in [7, 11) is 0. The van der Waals surface area contributed by atoms with Crippen LogP contribution in [0.15, 0.2) is 36.4 Å². The third kappa shape index (κ3) is 1.82. The molecule has 3 aromatic rings. The van der Waals surface area contributed by atoms with Gasteiger partial charge in [-0.2, -0.15) is 0 Å². The highest BCUT2D eigenvalue weighted by Gasteiger charge is 2.16. The van der Waals surface area contributed by atoms with E-state index in [0.29, 0.717) is 5.52 Å². The summed E-state index contributed by atoms with van der Waals surface area (Å²) >= 11 is 0. The Bertz CT molecular complexity index is 826.